The van der Waals surface area contributed by atoms with Crippen molar-refractivity contribution in [3.63, 3.8) is 0 Å². The molecule has 0 bridgehead atoms. The molecule has 0 saturated heterocycles. The van der Waals surface area contributed by atoms with Gasteiger partial charge in [-0.15, -0.1) is 0 Å². The number of hydrogen-bond acceptors (Lipinski definition) is 5. The Morgan fingerprint density at radius 3 is 2.93 bits per heavy atom. The van der Waals surface area contributed by atoms with Gasteiger partial charge in [0.05, 0.1) is 12.2 Å². The minimum Gasteiger partial charge on any atom is -0.393 e. The van der Waals surface area contributed by atoms with Gasteiger partial charge in [-0.3, -0.25) is 0 Å². The number of aliphatic hydroxyl groups excluding tert-OH is 1. The van der Waals surface area contributed by atoms with Crippen LogP contribution in [0.1, 0.15) is 37.4 Å². The molecule has 84 valence electrons. The average Bonchev–Trinajstić information content (AvgIpc) is 2.61. The van der Waals surface area contributed by atoms with E-state index in [4.69, 9.17) is 14.4 Å². The highest BCUT2D eigenvalue weighted by molar-refractivity contribution is 5.01. The first-order chi connectivity index (χ1) is 7.19. The molecule has 2 rings (SSSR count). The van der Waals surface area contributed by atoms with Gasteiger partial charge in [0.15, 0.2) is 5.82 Å². The fourth-order valence-electron chi connectivity index (χ4n) is 1.65. The van der Waals surface area contributed by atoms with Crippen molar-refractivity contribution >= 4 is 0 Å². The van der Waals surface area contributed by atoms with E-state index >= 15 is 0 Å². The second-order valence-electron chi connectivity index (χ2n) is 4.12. The van der Waals surface area contributed by atoms with Crippen LogP contribution in [0.4, 0.5) is 0 Å². The smallest absolute Gasteiger partial charge is 0.229 e. The van der Waals surface area contributed by atoms with E-state index in [0.29, 0.717) is 18.1 Å². The summed E-state index contributed by atoms with van der Waals surface area (Å²) in [7, 11) is 1.66. The molecule has 0 amide bonds. The van der Waals surface area contributed by atoms with Crippen molar-refractivity contribution < 1.29 is 14.4 Å². The molecule has 15 heavy (non-hydrogen) atoms. The molecule has 1 fully saturated rings. The van der Waals surface area contributed by atoms with E-state index in [-0.39, 0.29) is 18.1 Å². The van der Waals surface area contributed by atoms with E-state index in [0.717, 1.165) is 12.8 Å². The van der Waals surface area contributed by atoms with Crippen LogP contribution < -0.4 is 0 Å². The van der Waals surface area contributed by atoms with Gasteiger partial charge in [-0.25, -0.2) is 0 Å². The fourth-order valence-corrected chi connectivity index (χ4v) is 1.65. The van der Waals surface area contributed by atoms with Gasteiger partial charge >= 0.3 is 0 Å². The third-order valence-electron chi connectivity index (χ3n) is 2.82. The van der Waals surface area contributed by atoms with Crippen LogP contribution in [0, 0.1) is 0 Å². The Hall–Kier alpha value is -0.940. The molecule has 1 aliphatic carbocycles. The Labute approximate surface area is 88.4 Å². The number of ether oxygens (including phenoxy) is 1. The lowest BCUT2D eigenvalue weighted by Crippen LogP contribution is -2.26. The van der Waals surface area contributed by atoms with Gasteiger partial charge in [0.25, 0.3) is 0 Å². The zero-order valence-corrected chi connectivity index (χ0v) is 9.01. The van der Waals surface area contributed by atoms with Gasteiger partial charge < -0.3 is 14.4 Å². The number of rotatable bonds is 4. The minimum absolute atomic E-state index is 0.0995. The molecule has 1 heterocycles. The molecule has 1 saturated carbocycles. The van der Waals surface area contributed by atoms with Crippen molar-refractivity contribution in [3.05, 3.63) is 11.7 Å². The molecule has 0 aromatic carbocycles. The Kier molecular flexibility index (Phi) is 3.02. The summed E-state index contributed by atoms with van der Waals surface area (Å²) in [4.78, 5) is 4.29. The summed E-state index contributed by atoms with van der Waals surface area (Å²) < 4.78 is 10.3. The number of hydrogen-bond donors (Lipinski definition) is 1. The maximum absolute atomic E-state index is 9.16. The highest BCUT2D eigenvalue weighted by Crippen LogP contribution is 2.35. The third kappa shape index (κ3) is 2.35. The van der Waals surface area contributed by atoms with Gasteiger partial charge in [-0.1, -0.05) is 5.16 Å². The summed E-state index contributed by atoms with van der Waals surface area (Å²) in [6, 6.07) is 0. The Balaban J connectivity index is 1.92. The molecule has 1 aromatic heterocycles. The largest absolute Gasteiger partial charge is 0.393 e. The maximum Gasteiger partial charge on any atom is 0.229 e. The maximum atomic E-state index is 9.16. The summed E-state index contributed by atoms with van der Waals surface area (Å²) in [6.45, 7) is 1.96. The Morgan fingerprint density at radius 1 is 1.60 bits per heavy atom. The lowest BCUT2D eigenvalue weighted by molar-refractivity contribution is 0.0625. The predicted octanol–water partition coefficient (Wildman–Crippen LogP) is 0.885. The number of nitrogens with zero attached hydrogens (tertiary/aromatic N) is 2. The van der Waals surface area contributed by atoms with Crippen molar-refractivity contribution in [1.29, 1.82) is 0 Å². The topological polar surface area (TPSA) is 68.4 Å². The van der Waals surface area contributed by atoms with Gasteiger partial charge in [-0.05, 0) is 19.8 Å². The van der Waals surface area contributed by atoms with Crippen molar-refractivity contribution in [3.8, 4) is 0 Å². The average molecular weight is 212 g/mol. The molecule has 1 aliphatic rings. The molecule has 5 heteroatoms. The molecule has 0 spiro atoms. The van der Waals surface area contributed by atoms with E-state index in [9.17, 15) is 0 Å². The molecule has 5 nitrogen and oxygen atoms in total. The first-order valence-corrected chi connectivity index (χ1v) is 5.22. The second kappa shape index (κ2) is 4.28. The van der Waals surface area contributed by atoms with Crippen LogP contribution in [-0.2, 0) is 11.2 Å². The lowest BCUT2D eigenvalue weighted by atomic mass is 9.82. The summed E-state index contributed by atoms with van der Waals surface area (Å²) in [6.07, 6.45) is 2.05. The molecule has 1 atom stereocenters. The number of aromatic nitrogens is 2. The molecule has 1 N–H and O–H groups in total. The highest BCUT2D eigenvalue weighted by atomic mass is 16.5. The predicted molar refractivity (Wildman–Crippen MR) is 52.5 cm³/mol. The summed E-state index contributed by atoms with van der Waals surface area (Å²) in [5.41, 5.74) is 0. The molecular weight excluding hydrogens is 196 g/mol. The van der Waals surface area contributed by atoms with E-state index in [1.807, 2.05) is 6.92 Å². The van der Waals surface area contributed by atoms with E-state index in [2.05, 4.69) is 10.1 Å². The standard InChI is InChI=1S/C10H16N2O3/c1-6(14-2)3-9-11-10(15-12-9)7-4-8(13)5-7/h6-8,13H,3-5H2,1-2H3. The molecule has 1 aromatic rings. The van der Waals surface area contributed by atoms with Crippen LogP contribution in [0.2, 0.25) is 0 Å². The van der Waals surface area contributed by atoms with Crippen LogP contribution in [0.5, 0.6) is 0 Å². The van der Waals surface area contributed by atoms with Gasteiger partial charge in [-0.2, -0.15) is 4.98 Å². The first kappa shape index (κ1) is 10.6. The summed E-state index contributed by atoms with van der Waals surface area (Å²) >= 11 is 0. The monoisotopic (exact) mass is 212 g/mol. The van der Waals surface area contributed by atoms with Gasteiger partial charge in [0.2, 0.25) is 5.89 Å². The van der Waals surface area contributed by atoms with E-state index < -0.39 is 0 Å². The fraction of sp³-hybridized carbons (Fsp3) is 0.800. The minimum atomic E-state index is -0.191. The molecule has 0 aliphatic heterocycles. The highest BCUT2D eigenvalue weighted by Gasteiger charge is 2.33. The van der Waals surface area contributed by atoms with Crippen molar-refractivity contribution in [1.82, 2.24) is 10.1 Å². The first-order valence-electron chi connectivity index (χ1n) is 5.22. The molecule has 0 radical (unpaired) electrons. The lowest BCUT2D eigenvalue weighted by Gasteiger charge is -2.27. The van der Waals surface area contributed by atoms with E-state index in [1.54, 1.807) is 7.11 Å². The molecular formula is C10H16N2O3. The van der Waals surface area contributed by atoms with Gasteiger partial charge in [0, 0.05) is 19.4 Å². The van der Waals surface area contributed by atoms with Crippen LogP contribution in [0.15, 0.2) is 4.52 Å². The Bertz CT molecular complexity index is 320. The van der Waals surface area contributed by atoms with Crippen LogP contribution >= 0.6 is 0 Å². The van der Waals surface area contributed by atoms with Crippen molar-refractivity contribution in [2.75, 3.05) is 7.11 Å². The van der Waals surface area contributed by atoms with Gasteiger partial charge in [0.1, 0.15) is 0 Å². The Morgan fingerprint density at radius 2 is 2.33 bits per heavy atom. The third-order valence-corrected chi connectivity index (χ3v) is 2.82. The normalized spacial score (nSPS) is 27.4. The second-order valence-corrected chi connectivity index (χ2v) is 4.12. The quantitative estimate of drug-likeness (QED) is 0.802. The van der Waals surface area contributed by atoms with Crippen LogP contribution in [0.25, 0.3) is 0 Å². The van der Waals surface area contributed by atoms with E-state index in [1.165, 1.54) is 0 Å². The molecule has 1 unspecified atom stereocenters. The summed E-state index contributed by atoms with van der Waals surface area (Å²) in [5, 5.41) is 13.0. The number of methoxy groups -OCH3 is 1. The van der Waals surface area contributed by atoms with Crippen LogP contribution in [-0.4, -0.2) is 34.6 Å². The SMILES string of the molecule is COC(C)Cc1noc(C2CC(O)C2)n1. The number of aliphatic hydroxyl groups is 1. The zero-order valence-electron chi connectivity index (χ0n) is 9.01. The van der Waals surface area contributed by atoms with Crippen molar-refractivity contribution in [2.24, 2.45) is 0 Å². The van der Waals surface area contributed by atoms with Crippen molar-refractivity contribution in [2.45, 2.75) is 44.3 Å². The zero-order chi connectivity index (χ0) is 10.8. The van der Waals surface area contributed by atoms with Crippen LogP contribution in [0.3, 0.4) is 0 Å². The summed E-state index contributed by atoms with van der Waals surface area (Å²) in [5.74, 6) is 1.58.